The van der Waals surface area contributed by atoms with Crippen LogP contribution < -0.4 is 0 Å². The van der Waals surface area contributed by atoms with Gasteiger partial charge in [0.2, 0.25) is 0 Å². The molecule has 0 aliphatic rings. The Morgan fingerprint density at radius 3 is 2.67 bits per heavy atom. The van der Waals surface area contributed by atoms with E-state index in [4.69, 9.17) is 9.29 Å². The molecule has 0 saturated heterocycles. The van der Waals surface area contributed by atoms with Crippen LogP contribution in [0.4, 0.5) is 0 Å². The molecule has 0 amide bonds. The Bertz CT molecular complexity index is 769. The summed E-state index contributed by atoms with van der Waals surface area (Å²) in [6.45, 7) is 3.29. The van der Waals surface area contributed by atoms with Crippen molar-refractivity contribution in [1.29, 1.82) is 0 Å². The monoisotopic (exact) mass is 328 g/mol. The highest BCUT2D eigenvalue weighted by atomic mass is 32.2. The van der Waals surface area contributed by atoms with E-state index in [1.165, 1.54) is 18.3 Å². The fourth-order valence-electron chi connectivity index (χ4n) is 1.70. The SMILES string of the molecule is CCOC(=O)c1c(C)nc(S(=O)(=O)O)nc1-c1cccs1. The zero-order valence-corrected chi connectivity index (χ0v) is 12.9. The van der Waals surface area contributed by atoms with Crippen LogP contribution in [0.25, 0.3) is 10.6 Å². The topological polar surface area (TPSA) is 106 Å². The summed E-state index contributed by atoms with van der Waals surface area (Å²) in [5, 5.41) is 1.02. The second kappa shape index (κ2) is 5.88. The van der Waals surface area contributed by atoms with E-state index in [1.54, 1.807) is 24.4 Å². The molecule has 0 spiro atoms. The normalized spacial score (nSPS) is 11.4. The Morgan fingerprint density at radius 1 is 1.43 bits per heavy atom. The summed E-state index contributed by atoms with van der Waals surface area (Å²) in [4.78, 5) is 20.1. The van der Waals surface area contributed by atoms with Crippen molar-refractivity contribution in [2.24, 2.45) is 0 Å². The van der Waals surface area contributed by atoms with Crippen LogP contribution in [0.2, 0.25) is 0 Å². The number of aromatic nitrogens is 2. The summed E-state index contributed by atoms with van der Waals surface area (Å²) in [6.07, 6.45) is 0. The Morgan fingerprint density at radius 2 is 2.14 bits per heavy atom. The van der Waals surface area contributed by atoms with E-state index in [1.807, 2.05) is 0 Å². The highest BCUT2D eigenvalue weighted by Gasteiger charge is 2.25. The van der Waals surface area contributed by atoms with Gasteiger partial charge in [0.25, 0.3) is 5.16 Å². The van der Waals surface area contributed by atoms with Gasteiger partial charge in [-0.2, -0.15) is 8.42 Å². The summed E-state index contributed by atoms with van der Waals surface area (Å²) in [5.74, 6) is -0.639. The first kappa shape index (κ1) is 15.5. The van der Waals surface area contributed by atoms with E-state index in [-0.39, 0.29) is 23.6 Å². The lowest BCUT2D eigenvalue weighted by Gasteiger charge is -2.10. The van der Waals surface area contributed by atoms with Gasteiger partial charge in [-0.1, -0.05) is 6.07 Å². The van der Waals surface area contributed by atoms with Crippen molar-refractivity contribution in [1.82, 2.24) is 9.97 Å². The van der Waals surface area contributed by atoms with Crippen molar-refractivity contribution in [2.75, 3.05) is 6.61 Å². The molecule has 0 fully saturated rings. The average molecular weight is 328 g/mol. The second-order valence-electron chi connectivity index (χ2n) is 3.99. The van der Waals surface area contributed by atoms with Crippen molar-refractivity contribution in [3.63, 3.8) is 0 Å². The predicted octanol–water partition coefficient (Wildman–Crippen LogP) is 1.94. The minimum atomic E-state index is -4.56. The first-order valence-electron chi connectivity index (χ1n) is 5.91. The molecule has 0 aliphatic carbocycles. The minimum Gasteiger partial charge on any atom is -0.462 e. The highest BCUT2D eigenvalue weighted by molar-refractivity contribution is 7.85. The first-order valence-corrected chi connectivity index (χ1v) is 8.23. The maximum absolute atomic E-state index is 12.0. The van der Waals surface area contributed by atoms with Crippen LogP contribution in [0.1, 0.15) is 23.0 Å². The third-order valence-corrected chi connectivity index (χ3v) is 4.05. The van der Waals surface area contributed by atoms with Gasteiger partial charge < -0.3 is 4.74 Å². The molecule has 0 unspecified atom stereocenters. The second-order valence-corrected chi connectivity index (χ2v) is 6.25. The first-order chi connectivity index (χ1) is 9.84. The highest BCUT2D eigenvalue weighted by Crippen LogP contribution is 2.29. The Hall–Kier alpha value is -1.84. The fourth-order valence-corrected chi connectivity index (χ4v) is 2.88. The quantitative estimate of drug-likeness (QED) is 0.519. The average Bonchev–Trinajstić information content (AvgIpc) is 2.90. The molecule has 2 aromatic rings. The van der Waals surface area contributed by atoms with E-state index in [0.29, 0.717) is 4.88 Å². The Labute approximate surface area is 125 Å². The number of rotatable bonds is 4. The van der Waals surface area contributed by atoms with Crippen LogP contribution in [0, 0.1) is 6.92 Å². The number of ether oxygens (including phenoxy) is 1. The lowest BCUT2D eigenvalue weighted by molar-refractivity contribution is 0.0525. The van der Waals surface area contributed by atoms with Gasteiger partial charge in [-0.3, -0.25) is 4.55 Å². The molecule has 0 atom stereocenters. The molecule has 9 heteroatoms. The summed E-state index contributed by atoms with van der Waals surface area (Å²) in [7, 11) is -4.56. The predicted molar refractivity (Wildman–Crippen MR) is 75.9 cm³/mol. The number of aryl methyl sites for hydroxylation is 1. The molecule has 0 aromatic carbocycles. The number of hydrogen-bond acceptors (Lipinski definition) is 7. The largest absolute Gasteiger partial charge is 0.462 e. The number of esters is 1. The molecule has 0 saturated carbocycles. The van der Waals surface area contributed by atoms with Crippen molar-refractivity contribution < 1.29 is 22.5 Å². The lowest BCUT2D eigenvalue weighted by atomic mass is 10.1. The third kappa shape index (κ3) is 3.26. The van der Waals surface area contributed by atoms with Crippen molar-refractivity contribution in [3.8, 4) is 10.6 Å². The summed E-state index contributed by atoms with van der Waals surface area (Å²) < 4.78 is 36.5. The fraction of sp³-hybridized carbons (Fsp3) is 0.250. The maximum Gasteiger partial charge on any atom is 0.342 e. The lowest BCUT2D eigenvalue weighted by Crippen LogP contribution is -2.15. The summed E-state index contributed by atoms with van der Waals surface area (Å²) >= 11 is 1.28. The standard InChI is InChI=1S/C12H12N2O5S2/c1-3-19-11(15)9-7(2)13-12(21(16,17)18)14-10(9)8-5-4-6-20-8/h4-6H,3H2,1-2H3,(H,16,17,18). The molecule has 0 radical (unpaired) electrons. The molecule has 0 aliphatic heterocycles. The number of nitrogens with zero attached hydrogens (tertiary/aromatic N) is 2. The number of carbonyl (C=O) groups excluding carboxylic acids is 1. The van der Waals surface area contributed by atoms with Gasteiger partial charge in [0.15, 0.2) is 0 Å². The number of hydrogen-bond donors (Lipinski definition) is 1. The van der Waals surface area contributed by atoms with Gasteiger partial charge in [0.1, 0.15) is 5.56 Å². The van der Waals surface area contributed by atoms with Gasteiger partial charge in [-0.25, -0.2) is 14.8 Å². The van der Waals surface area contributed by atoms with Crippen LogP contribution in [0.3, 0.4) is 0 Å². The third-order valence-electron chi connectivity index (χ3n) is 2.53. The molecular formula is C12H12N2O5S2. The van der Waals surface area contributed by atoms with Crippen LogP contribution >= 0.6 is 11.3 Å². The van der Waals surface area contributed by atoms with Crippen LogP contribution in [0.15, 0.2) is 22.7 Å². The van der Waals surface area contributed by atoms with Crippen LogP contribution in [0.5, 0.6) is 0 Å². The molecule has 7 nitrogen and oxygen atoms in total. The molecule has 112 valence electrons. The number of carbonyl (C=O) groups is 1. The van der Waals surface area contributed by atoms with Crippen molar-refractivity contribution in [2.45, 2.75) is 19.0 Å². The van der Waals surface area contributed by atoms with Gasteiger partial charge in [-0.05, 0) is 25.3 Å². The molecule has 21 heavy (non-hydrogen) atoms. The van der Waals surface area contributed by atoms with Crippen molar-refractivity contribution >= 4 is 27.4 Å². The minimum absolute atomic E-state index is 0.0895. The smallest absolute Gasteiger partial charge is 0.342 e. The summed E-state index contributed by atoms with van der Waals surface area (Å²) in [5.41, 5.74) is 0.342. The molecule has 0 bridgehead atoms. The van der Waals surface area contributed by atoms with E-state index < -0.39 is 21.2 Å². The van der Waals surface area contributed by atoms with Gasteiger partial charge >= 0.3 is 16.1 Å². The zero-order valence-electron chi connectivity index (χ0n) is 11.2. The molecule has 1 N–H and O–H groups in total. The van der Waals surface area contributed by atoms with Gasteiger partial charge in [0.05, 0.1) is 22.9 Å². The van der Waals surface area contributed by atoms with E-state index >= 15 is 0 Å². The molecule has 2 heterocycles. The van der Waals surface area contributed by atoms with E-state index in [2.05, 4.69) is 9.97 Å². The maximum atomic E-state index is 12.0. The zero-order chi connectivity index (χ0) is 15.6. The van der Waals surface area contributed by atoms with Gasteiger partial charge in [0, 0.05) is 0 Å². The number of thiophene rings is 1. The van der Waals surface area contributed by atoms with Crippen molar-refractivity contribution in [3.05, 3.63) is 28.8 Å². The molecule has 2 rings (SSSR count). The van der Waals surface area contributed by atoms with Gasteiger partial charge in [-0.15, -0.1) is 11.3 Å². The van der Waals surface area contributed by atoms with Crippen LogP contribution in [-0.4, -0.2) is 35.5 Å². The van der Waals surface area contributed by atoms with E-state index in [9.17, 15) is 13.2 Å². The Balaban J connectivity index is 2.73. The molecule has 2 aromatic heterocycles. The summed E-state index contributed by atoms with van der Waals surface area (Å²) in [6, 6.07) is 3.42. The molecular weight excluding hydrogens is 316 g/mol. The van der Waals surface area contributed by atoms with E-state index in [0.717, 1.165) is 0 Å². The Kier molecular flexibility index (Phi) is 4.35. The van der Waals surface area contributed by atoms with Crippen LogP contribution in [-0.2, 0) is 14.9 Å².